The zero-order valence-corrected chi connectivity index (χ0v) is 8.09. The van der Waals surface area contributed by atoms with Gasteiger partial charge in [0.05, 0.1) is 6.85 Å². The van der Waals surface area contributed by atoms with E-state index in [-0.39, 0.29) is 17.6 Å². The maximum atomic E-state index is 8.30. The SMILES string of the molecule is [2H]c1c([2H])c([2H])c(C([2H])([2H])N2CC[C@@H](N)[C@H]2C)c([2H])c1[2H]. The quantitative estimate of drug-likeness (QED) is 0.780. The molecule has 1 fully saturated rings. The lowest BCUT2D eigenvalue weighted by molar-refractivity contribution is 0.252. The molecular weight excluding hydrogens is 172 g/mol. The molecule has 1 aromatic carbocycles. The molecule has 0 saturated carbocycles. The van der Waals surface area contributed by atoms with Crippen LogP contribution >= 0.6 is 0 Å². The Morgan fingerprint density at radius 2 is 2.29 bits per heavy atom. The molecule has 0 aliphatic carbocycles. The number of rotatable bonds is 2. The predicted molar refractivity (Wildman–Crippen MR) is 58.9 cm³/mol. The van der Waals surface area contributed by atoms with E-state index in [0.717, 1.165) is 0 Å². The van der Waals surface area contributed by atoms with E-state index in [1.54, 1.807) is 6.92 Å². The van der Waals surface area contributed by atoms with Gasteiger partial charge in [0, 0.05) is 27.9 Å². The minimum Gasteiger partial charge on any atom is -0.326 e. The summed E-state index contributed by atoms with van der Waals surface area (Å²) >= 11 is 0. The Labute approximate surface area is 95.5 Å². The Hall–Kier alpha value is -0.860. The molecular formula is C12H18N2. The number of benzene rings is 1. The first-order chi connectivity index (χ1) is 9.60. The van der Waals surface area contributed by atoms with Gasteiger partial charge in [-0.15, -0.1) is 0 Å². The fraction of sp³-hybridized carbons (Fsp3) is 0.500. The lowest BCUT2D eigenvalue weighted by Gasteiger charge is -2.22. The molecule has 14 heavy (non-hydrogen) atoms. The van der Waals surface area contributed by atoms with Crippen molar-refractivity contribution in [3.05, 3.63) is 35.8 Å². The van der Waals surface area contributed by atoms with Gasteiger partial charge in [-0.3, -0.25) is 4.90 Å². The molecule has 2 atom stereocenters. The highest BCUT2D eigenvalue weighted by Gasteiger charge is 2.27. The molecule has 1 aliphatic heterocycles. The zero-order valence-electron chi connectivity index (χ0n) is 15.1. The number of nitrogens with two attached hydrogens (primary N) is 1. The molecule has 76 valence electrons. The molecule has 1 aromatic rings. The van der Waals surface area contributed by atoms with E-state index in [1.807, 2.05) is 0 Å². The fourth-order valence-corrected chi connectivity index (χ4v) is 1.57. The summed E-state index contributed by atoms with van der Waals surface area (Å²) in [4.78, 5) is 1.46. The number of hydrogen-bond acceptors (Lipinski definition) is 2. The van der Waals surface area contributed by atoms with E-state index in [1.165, 1.54) is 4.90 Å². The van der Waals surface area contributed by atoms with Crippen molar-refractivity contribution in [2.45, 2.75) is 31.9 Å². The molecule has 2 N–H and O–H groups in total. The molecule has 1 heterocycles. The smallest absolute Gasteiger partial charge is 0.0626 e. The molecule has 0 radical (unpaired) electrons. The summed E-state index contributed by atoms with van der Waals surface area (Å²) in [7, 11) is 0. The highest BCUT2D eigenvalue weighted by atomic mass is 15.2. The van der Waals surface area contributed by atoms with Crippen molar-refractivity contribution < 1.29 is 9.60 Å². The molecule has 2 nitrogen and oxygen atoms in total. The van der Waals surface area contributed by atoms with Gasteiger partial charge in [-0.25, -0.2) is 0 Å². The molecule has 0 aromatic heterocycles. The van der Waals surface area contributed by atoms with Crippen LogP contribution in [-0.2, 0) is 6.50 Å². The summed E-state index contributed by atoms with van der Waals surface area (Å²) < 4.78 is 55.3. The average molecular weight is 197 g/mol. The van der Waals surface area contributed by atoms with E-state index in [9.17, 15) is 0 Å². The molecule has 0 amide bonds. The third kappa shape index (κ3) is 1.97. The number of hydrogen-bond donors (Lipinski definition) is 1. The predicted octanol–water partition coefficient (Wildman–Crippen LogP) is 1.61. The first kappa shape index (κ1) is 4.33. The standard InChI is InChI=1S/C12H18N2/c1-10-12(13)7-8-14(10)9-11-5-3-2-4-6-11/h2-6,10,12H,7-9,13H2,1H3/t10-,12-/m1/s1/i2D,3D,4D,5D,6D,9D2. The third-order valence-corrected chi connectivity index (χ3v) is 2.57. The van der Waals surface area contributed by atoms with Gasteiger partial charge in [-0.2, -0.15) is 0 Å². The second kappa shape index (κ2) is 4.11. The largest absolute Gasteiger partial charge is 0.326 e. The molecule has 1 saturated heterocycles. The van der Waals surface area contributed by atoms with Gasteiger partial charge in [-0.1, -0.05) is 30.2 Å². The summed E-state index contributed by atoms with van der Waals surface area (Å²) in [6, 6.07) is -3.02. The lowest BCUT2D eigenvalue weighted by Crippen LogP contribution is -2.36. The van der Waals surface area contributed by atoms with E-state index in [4.69, 9.17) is 15.3 Å². The van der Waals surface area contributed by atoms with Crippen molar-refractivity contribution in [2.24, 2.45) is 5.73 Å². The molecule has 2 heteroatoms. The Morgan fingerprint density at radius 1 is 1.57 bits per heavy atom. The zero-order chi connectivity index (χ0) is 16.1. The Morgan fingerprint density at radius 3 is 2.86 bits per heavy atom. The highest BCUT2D eigenvalue weighted by Crippen LogP contribution is 2.18. The minimum absolute atomic E-state index is 0.190. The Balaban J connectivity index is 2.60. The Bertz CT molecular complexity index is 546. The maximum absolute atomic E-state index is 8.30. The van der Waals surface area contributed by atoms with Gasteiger partial charge in [0.15, 0.2) is 0 Å². The summed E-state index contributed by atoms with van der Waals surface area (Å²) in [5.41, 5.74) is 5.57. The highest BCUT2D eigenvalue weighted by molar-refractivity contribution is 5.15. The van der Waals surface area contributed by atoms with Crippen LogP contribution in [0.4, 0.5) is 0 Å². The second-order valence-electron chi connectivity index (χ2n) is 3.50. The molecule has 1 aliphatic rings. The Kier molecular flexibility index (Phi) is 1.27. The van der Waals surface area contributed by atoms with Gasteiger partial charge >= 0.3 is 0 Å². The first-order valence-corrected chi connectivity index (χ1v) is 4.70. The van der Waals surface area contributed by atoms with Crippen molar-refractivity contribution in [3.63, 3.8) is 0 Å². The molecule has 0 bridgehead atoms. The van der Waals surface area contributed by atoms with Gasteiger partial charge < -0.3 is 5.73 Å². The monoisotopic (exact) mass is 197 g/mol. The molecule has 0 spiro atoms. The summed E-state index contributed by atoms with van der Waals surface area (Å²) in [6.07, 6.45) is 0.610. The number of nitrogens with zero attached hydrogens (tertiary/aromatic N) is 1. The van der Waals surface area contributed by atoms with Gasteiger partial charge in [0.1, 0.15) is 0 Å². The molecule has 0 unspecified atom stereocenters. The van der Waals surface area contributed by atoms with Crippen LogP contribution in [0.15, 0.2) is 30.2 Å². The van der Waals surface area contributed by atoms with Crippen LogP contribution in [0.3, 0.4) is 0 Å². The van der Waals surface area contributed by atoms with Crippen LogP contribution in [0.5, 0.6) is 0 Å². The van der Waals surface area contributed by atoms with Crippen LogP contribution in [0.2, 0.25) is 0 Å². The van der Waals surface area contributed by atoms with E-state index in [2.05, 4.69) is 0 Å². The summed E-state index contributed by atoms with van der Waals surface area (Å²) in [6.45, 7) is 0.00329. The number of likely N-dealkylation sites (tertiary alicyclic amines) is 1. The third-order valence-electron chi connectivity index (χ3n) is 2.57. The van der Waals surface area contributed by atoms with Crippen LogP contribution in [-0.4, -0.2) is 23.5 Å². The minimum atomic E-state index is -2.17. The topological polar surface area (TPSA) is 29.3 Å². The molecule has 2 rings (SSSR count). The maximum Gasteiger partial charge on any atom is 0.0626 e. The van der Waals surface area contributed by atoms with Crippen LogP contribution in [0, 0.1) is 0 Å². The first-order valence-electron chi connectivity index (χ1n) is 8.20. The van der Waals surface area contributed by atoms with Gasteiger partial charge in [-0.05, 0) is 18.9 Å². The summed E-state index contributed by atoms with van der Waals surface area (Å²) in [5, 5.41) is 0. The fourth-order valence-electron chi connectivity index (χ4n) is 1.57. The van der Waals surface area contributed by atoms with Crippen LogP contribution < -0.4 is 5.73 Å². The van der Waals surface area contributed by atoms with Crippen LogP contribution in [0.1, 0.15) is 28.5 Å². The summed E-state index contributed by atoms with van der Waals surface area (Å²) in [5.74, 6) is 0. The van der Waals surface area contributed by atoms with Crippen molar-refractivity contribution >= 4 is 0 Å². The van der Waals surface area contributed by atoms with E-state index < -0.39 is 36.7 Å². The van der Waals surface area contributed by atoms with Crippen LogP contribution in [0.25, 0.3) is 0 Å². The van der Waals surface area contributed by atoms with Gasteiger partial charge in [0.2, 0.25) is 0 Å². The second-order valence-corrected chi connectivity index (χ2v) is 3.50. The van der Waals surface area contributed by atoms with E-state index >= 15 is 0 Å². The average Bonchev–Trinajstić information content (AvgIpc) is 2.75. The normalized spacial score (nSPS) is 36.3. The van der Waals surface area contributed by atoms with Crippen molar-refractivity contribution in [3.8, 4) is 0 Å². The van der Waals surface area contributed by atoms with Gasteiger partial charge in [0.25, 0.3) is 0 Å². The van der Waals surface area contributed by atoms with Crippen molar-refractivity contribution in [2.75, 3.05) is 6.54 Å². The van der Waals surface area contributed by atoms with Crippen molar-refractivity contribution in [1.29, 1.82) is 0 Å². The lowest BCUT2D eigenvalue weighted by atomic mass is 10.1. The van der Waals surface area contributed by atoms with E-state index in [0.29, 0.717) is 13.0 Å². The van der Waals surface area contributed by atoms with Crippen molar-refractivity contribution in [1.82, 2.24) is 4.90 Å².